The van der Waals surface area contributed by atoms with Crippen molar-refractivity contribution in [3.8, 4) is 0 Å². The Kier molecular flexibility index (Phi) is 5.30. The van der Waals surface area contributed by atoms with Gasteiger partial charge in [0.05, 0.1) is 12.2 Å². The molecule has 0 saturated carbocycles. The Morgan fingerprint density at radius 2 is 2.00 bits per heavy atom. The number of benzene rings is 1. The standard InChI is InChI=1S/C17H15FO5/c1-2-22-17(21)16(20)9-15(19)12-8-14(23-10-12)7-11-3-5-13(18)6-4-11/h3-6,8-10,19H,2,7H2,1H3. The summed E-state index contributed by atoms with van der Waals surface area (Å²) in [5.41, 5.74) is 1.10. The van der Waals surface area contributed by atoms with Gasteiger partial charge in [-0.1, -0.05) is 12.1 Å². The number of furan rings is 1. The number of carbonyl (C=O) groups excluding carboxylic acids is 2. The Morgan fingerprint density at radius 1 is 1.30 bits per heavy atom. The molecule has 0 fully saturated rings. The monoisotopic (exact) mass is 318 g/mol. The second kappa shape index (κ2) is 7.40. The highest BCUT2D eigenvalue weighted by molar-refractivity contribution is 6.39. The quantitative estimate of drug-likeness (QED) is 0.383. The molecule has 0 aliphatic carbocycles. The zero-order chi connectivity index (χ0) is 16.8. The average Bonchev–Trinajstić information content (AvgIpc) is 2.98. The van der Waals surface area contributed by atoms with Crippen molar-refractivity contribution in [2.45, 2.75) is 13.3 Å². The molecule has 1 heterocycles. The minimum Gasteiger partial charge on any atom is -0.507 e. The molecule has 0 unspecified atom stereocenters. The van der Waals surface area contributed by atoms with Crippen molar-refractivity contribution < 1.29 is 28.2 Å². The van der Waals surface area contributed by atoms with E-state index in [-0.39, 0.29) is 18.0 Å². The lowest BCUT2D eigenvalue weighted by atomic mass is 10.1. The highest BCUT2D eigenvalue weighted by Crippen LogP contribution is 2.18. The van der Waals surface area contributed by atoms with Gasteiger partial charge < -0.3 is 14.3 Å². The van der Waals surface area contributed by atoms with E-state index in [4.69, 9.17) is 4.42 Å². The Morgan fingerprint density at radius 3 is 2.65 bits per heavy atom. The van der Waals surface area contributed by atoms with Crippen molar-refractivity contribution in [2.75, 3.05) is 6.61 Å². The van der Waals surface area contributed by atoms with Gasteiger partial charge in [-0.25, -0.2) is 9.18 Å². The van der Waals surface area contributed by atoms with Crippen molar-refractivity contribution in [1.29, 1.82) is 0 Å². The fourth-order valence-electron chi connectivity index (χ4n) is 1.88. The van der Waals surface area contributed by atoms with E-state index in [1.54, 1.807) is 19.1 Å². The first kappa shape index (κ1) is 16.5. The molecule has 1 aromatic heterocycles. The minimum absolute atomic E-state index is 0.0761. The molecule has 0 aliphatic heterocycles. The van der Waals surface area contributed by atoms with Crippen molar-refractivity contribution in [3.05, 3.63) is 65.4 Å². The SMILES string of the molecule is CCOC(=O)C(=O)C=C(O)c1coc(Cc2ccc(F)cc2)c1. The molecule has 5 nitrogen and oxygen atoms in total. The third-order valence-corrected chi connectivity index (χ3v) is 2.99. The summed E-state index contributed by atoms with van der Waals surface area (Å²) in [5, 5.41) is 9.85. The normalized spacial score (nSPS) is 11.3. The predicted octanol–water partition coefficient (Wildman–Crippen LogP) is 3.04. The first-order chi connectivity index (χ1) is 11.0. The van der Waals surface area contributed by atoms with Crippen molar-refractivity contribution in [2.24, 2.45) is 0 Å². The number of carbonyl (C=O) groups is 2. The lowest BCUT2D eigenvalue weighted by Gasteiger charge is -1.98. The van der Waals surface area contributed by atoms with Gasteiger partial charge in [0.15, 0.2) is 0 Å². The third-order valence-electron chi connectivity index (χ3n) is 2.99. The number of aliphatic hydroxyl groups is 1. The molecule has 0 saturated heterocycles. The second-order valence-corrected chi connectivity index (χ2v) is 4.72. The van der Waals surface area contributed by atoms with Crippen LogP contribution in [0.2, 0.25) is 0 Å². The summed E-state index contributed by atoms with van der Waals surface area (Å²) >= 11 is 0. The number of rotatable bonds is 6. The first-order valence-corrected chi connectivity index (χ1v) is 6.93. The summed E-state index contributed by atoms with van der Waals surface area (Å²) < 4.78 is 22.7. The largest absolute Gasteiger partial charge is 0.507 e. The summed E-state index contributed by atoms with van der Waals surface area (Å²) in [5.74, 6) is -2.18. The lowest BCUT2D eigenvalue weighted by Crippen LogP contribution is -2.15. The lowest BCUT2D eigenvalue weighted by molar-refractivity contribution is -0.151. The maximum atomic E-state index is 12.8. The molecule has 6 heteroatoms. The molecule has 0 spiro atoms. The molecule has 1 N–H and O–H groups in total. The van der Waals surface area contributed by atoms with E-state index in [2.05, 4.69) is 4.74 Å². The van der Waals surface area contributed by atoms with E-state index in [9.17, 15) is 19.1 Å². The van der Waals surface area contributed by atoms with Gasteiger partial charge in [0, 0.05) is 12.5 Å². The second-order valence-electron chi connectivity index (χ2n) is 4.72. The van der Waals surface area contributed by atoms with Crippen LogP contribution in [-0.4, -0.2) is 23.5 Å². The van der Waals surface area contributed by atoms with Crippen LogP contribution >= 0.6 is 0 Å². The van der Waals surface area contributed by atoms with E-state index < -0.39 is 17.5 Å². The maximum Gasteiger partial charge on any atom is 0.379 e. The van der Waals surface area contributed by atoms with Crippen LogP contribution in [-0.2, 0) is 20.7 Å². The van der Waals surface area contributed by atoms with Gasteiger partial charge in [-0.3, -0.25) is 4.79 Å². The number of aliphatic hydroxyl groups excluding tert-OH is 1. The van der Waals surface area contributed by atoms with Crippen LogP contribution in [0.25, 0.3) is 5.76 Å². The Bertz CT molecular complexity index is 728. The van der Waals surface area contributed by atoms with E-state index >= 15 is 0 Å². The Hall–Kier alpha value is -2.89. The van der Waals surface area contributed by atoms with Crippen molar-refractivity contribution in [1.82, 2.24) is 0 Å². The summed E-state index contributed by atoms with van der Waals surface area (Å²) in [6.07, 6.45) is 2.45. The summed E-state index contributed by atoms with van der Waals surface area (Å²) in [7, 11) is 0. The molecular formula is C17H15FO5. The number of hydrogen-bond acceptors (Lipinski definition) is 5. The maximum absolute atomic E-state index is 12.8. The molecule has 120 valence electrons. The van der Waals surface area contributed by atoms with Gasteiger partial charge in [-0.15, -0.1) is 0 Å². The summed E-state index contributed by atoms with van der Waals surface area (Å²) in [6.45, 7) is 1.65. The van der Waals surface area contributed by atoms with Crippen molar-refractivity contribution >= 4 is 17.5 Å². The zero-order valence-corrected chi connectivity index (χ0v) is 12.4. The fourth-order valence-corrected chi connectivity index (χ4v) is 1.88. The third kappa shape index (κ3) is 4.54. The van der Waals surface area contributed by atoms with Crippen LogP contribution < -0.4 is 0 Å². The number of ketones is 1. The van der Waals surface area contributed by atoms with Gasteiger partial charge in [0.2, 0.25) is 0 Å². The first-order valence-electron chi connectivity index (χ1n) is 6.93. The van der Waals surface area contributed by atoms with Crippen LogP contribution in [0, 0.1) is 5.82 Å². The minimum atomic E-state index is -1.03. The average molecular weight is 318 g/mol. The van der Waals surface area contributed by atoms with Gasteiger partial charge in [-0.05, 0) is 30.7 Å². The Labute approximate surface area is 132 Å². The molecule has 23 heavy (non-hydrogen) atoms. The molecule has 2 aromatic rings. The van der Waals surface area contributed by atoms with Gasteiger partial charge in [0.1, 0.15) is 23.6 Å². The smallest absolute Gasteiger partial charge is 0.379 e. The number of hydrogen-bond donors (Lipinski definition) is 1. The topological polar surface area (TPSA) is 76.7 Å². The van der Waals surface area contributed by atoms with E-state index in [0.29, 0.717) is 12.2 Å². The molecule has 1 aromatic carbocycles. The van der Waals surface area contributed by atoms with Gasteiger partial charge in [0.25, 0.3) is 5.78 Å². The summed E-state index contributed by atoms with van der Waals surface area (Å²) in [4.78, 5) is 22.7. The highest BCUT2D eigenvalue weighted by atomic mass is 19.1. The number of halogens is 1. The highest BCUT2D eigenvalue weighted by Gasteiger charge is 2.15. The molecule has 0 radical (unpaired) electrons. The molecule has 2 rings (SSSR count). The summed E-state index contributed by atoms with van der Waals surface area (Å²) in [6, 6.07) is 7.46. The van der Waals surface area contributed by atoms with E-state index in [1.165, 1.54) is 24.5 Å². The van der Waals surface area contributed by atoms with E-state index in [0.717, 1.165) is 11.6 Å². The van der Waals surface area contributed by atoms with Crippen LogP contribution in [0.1, 0.15) is 23.8 Å². The number of ether oxygens (including phenoxy) is 1. The molecule has 0 bridgehead atoms. The van der Waals surface area contributed by atoms with Crippen LogP contribution in [0.3, 0.4) is 0 Å². The number of esters is 1. The molecule has 0 atom stereocenters. The van der Waals surface area contributed by atoms with Crippen LogP contribution in [0.15, 0.2) is 47.1 Å². The van der Waals surface area contributed by atoms with E-state index in [1.807, 2.05) is 0 Å². The van der Waals surface area contributed by atoms with Crippen LogP contribution in [0.5, 0.6) is 0 Å². The van der Waals surface area contributed by atoms with Crippen LogP contribution in [0.4, 0.5) is 4.39 Å². The molecule has 0 amide bonds. The van der Waals surface area contributed by atoms with Gasteiger partial charge >= 0.3 is 5.97 Å². The van der Waals surface area contributed by atoms with Gasteiger partial charge in [-0.2, -0.15) is 0 Å². The molecule has 0 aliphatic rings. The fraction of sp³-hybridized carbons (Fsp3) is 0.176. The predicted molar refractivity (Wildman–Crippen MR) is 80.2 cm³/mol. The molecular weight excluding hydrogens is 303 g/mol. The zero-order valence-electron chi connectivity index (χ0n) is 12.4. The Balaban J connectivity index is 2.07. The van der Waals surface area contributed by atoms with Crippen molar-refractivity contribution in [3.63, 3.8) is 0 Å².